The van der Waals surface area contributed by atoms with Crippen LogP contribution in [0.15, 0.2) is 101 Å². The van der Waals surface area contributed by atoms with E-state index in [2.05, 4.69) is 0 Å². The zero-order valence-corrected chi connectivity index (χ0v) is 14.9. The van der Waals surface area contributed by atoms with Gasteiger partial charge in [0.1, 0.15) is 11.2 Å². The summed E-state index contributed by atoms with van der Waals surface area (Å²) in [4.78, 5) is 1.07. The van der Waals surface area contributed by atoms with E-state index in [-0.39, 0.29) is 5.69 Å². The highest BCUT2D eigenvalue weighted by atomic mass is 16.4. The van der Waals surface area contributed by atoms with E-state index in [9.17, 15) is 10.0 Å². The van der Waals surface area contributed by atoms with Crippen molar-refractivity contribution in [1.82, 2.24) is 0 Å². The molecule has 0 saturated heterocycles. The SMILES string of the molecule is [2H]c1c([2H])c([2H])c(N(c2ccc3oc4ccccc4c3c2)c2c([2H])c([2H])c(B(O)O)c([2H])c2[2H])c([2H])c1[2H]. The normalized spacial score (nSPS) is 15.4. The highest BCUT2D eigenvalue weighted by Gasteiger charge is 2.16. The lowest BCUT2D eigenvalue weighted by Gasteiger charge is -2.25. The molecule has 0 radical (unpaired) electrons. The molecular weight excluding hydrogens is 361 g/mol. The largest absolute Gasteiger partial charge is 0.488 e. The van der Waals surface area contributed by atoms with Gasteiger partial charge in [-0.05, 0) is 53.9 Å². The zero-order chi connectivity index (χ0) is 27.6. The summed E-state index contributed by atoms with van der Waals surface area (Å²) < 4.78 is 81.2. The smallest absolute Gasteiger partial charge is 0.456 e. The van der Waals surface area contributed by atoms with Crippen LogP contribution in [0.4, 0.5) is 17.1 Å². The third-order valence-corrected chi connectivity index (χ3v) is 4.44. The van der Waals surface area contributed by atoms with Crippen molar-refractivity contribution in [2.75, 3.05) is 4.90 Å². The van der Waals surface area contributed by atoms with Gasteiger partial charge in [0.05, 0.1) is 12.3 Å². The number of hydrogen-bond acceptors (Lipinski definition) is 4. The van der Waals surface area contributed by atoms with Crippen LogP contribution in [0.1, 0.15) is 12.3 Å². The number of benzene rings is 4. The summed E-state index contributed by atoms with van der Waals surface area (Å²) in [5.74, 6) is 0. The standard InChI is InChI=1S/C24H18BNO3/c27-25(28)17-10-12-19(13-11-17)26(18-6-2-1-3-7-18)20-14-15-24-22(16-20)21-8-4-5-9-23(21)29-24/h1-16,27-28H/i1D,2D,3D,6D,7D,10D,11D,12D,13D. The van der Waals surface area contributed by atoms with Crippen molar-refractivity contribution < 1.29 is 26.8 Å². The maximum absolute atomic E-state index is 9.68. The highest BCUT2D eigenvalue weighted by Crippen LogP contribution is 2.38. The van der Waals surface area contributed by atoms with E-state index in [4.69, 9.17) is 16.8 Å². The summed E-state index contributed by atoms with van der Waals surface area (Å²) in [6.45, 7) is 0. The molecule has 140 valence electrons. The molecule has 0 aliphatic carbocycles. The van der Waals surface area contributed by atoms with Crippen LogP contribution in [-0.2, 0) is 0 Å². The lowest BCUT2D eigenvalue weighted by molar-refractivity contribution is 0.426. The summed E-state index contributed by atoms with van der Waals surface area (Å²) in [5, 5.41) is 20.7. The molecule has 0 aliphatic rings. The Kier molecular flexibility index (Phi) is 2.53. The maximum atomic E-state index is 9.68. The number of rotatable bonds is 4. The molecule has 5 rings (SSSR count). The summed E-state index contributed by atoms with van der Waals surface area (Å²) in [6.07, 6.45) is 0. The monoisotopic (exact) mass is 388 g/mol. The number of fused-ring (bicyclic) bond motifs is 3. The number of furan rings is 1. The third kappa shape index (κ3) is 3.16. The van der Waals surface area contributed by atoms with Crippen molar-refractivity contribution in [2.45, 2.75) is 0 Å². The molecular formula is C24H18BNO3. The van der Waals surface area contributed by atoms with Gasteiger partial charge in [-0.3, -0.25) is 0 Å². The van der Waals surface area contributed by atoms with E-state index in [0.29, 0.717) is 16.6 Å². The van der Waals surface area contributed by atoms with Crippen molar-refractivity contribution >= 4 is 51.6 Å². The Bertz CT molecular complexity index is 1720. The van der Waals surface area contributed by atoms with Crippen molar-refractivity contribution in [3.8, 4) is 0 Å². The van der Waals surface area contributed by atoms with Crippen LogP contribution in [0, 0.1) is 0 Å². The van der Waals surface area contributed by atoms with Gasteiger partial charge in [0.2, 0.25) is 0 Å². The Labute approximate surface area is 181 Å². The van der Waals surface area contributed by atoms with Crippen molar-refractivity contribution in [3.05, 3.63) is 96.8 Å². The van der Waals surface area contributed by atoms with E-state index >= 15 is 0 Å². The Balaban J connectivity index is 1.93. The predicted octanol–water partition coefficient (Wildman–Crippen LogP) is 4.74. The molecule has 1 aromatic heterocycles. The molecule has 0 saturated carbocycles. The average molecular weight is 388 g/mol. The molecule has 1 heterocycles. The van der Waals surface area contributed by atoms with Crippen LogP contribution in [0.25, 0.3) is 21.9 Å². The van der Waals surface area contributed by atoms with Crippen molar-refractivity contribution in [1.29, 1.82) is 0 Å². The Morgan fingerprint density at radius 3 is 2.17 bits per heavy atom. The molecule has 0 aliphatic heterocycles. The summed E-state index contributed by atoms with van der Waals surface area (Å²) >= 11 is 0. The number of hydrogen-bond donors (Lipinski definition) is 2. The average Bonchev–Trinajstić information content (AvgIpc) is 3.26. The molecule has 2 N–H and O–H groups in total. The van der Waals surface area contributed by atoms with Gasteiger partial charge in [-0.1, -0.05) is 48.4 Å². The minimum atomic E-state index is -2.29. The van der Waals surface area contributed by atoms with Gasteiger partial charge in [0.15, 0.2) is 0 Å². The Morgan fingerprint density at radius 1 is 0.724 bits per heavy atom. The van der Waals surface area contributed by atoms with E-state index in [1.54, 1.807) is 30.3 Å². The van der Waals surface area contributed by atoms with Gasteiger partial charge in [0.25, 0.3) is 0 Å². The van der Waals surface area contributed by atoms with E-state index in [0.717, 1.165) is 10.3 Å². The highest BCUT2D eigenvalue weighted by molar-refractivity contribution is 6.58. The van der Waals surface area contributed by atoms with E-state index in [1.807, 2.05) is 6.07 Å². The summed E-state index contributed by atoms with van der Waals surface area (Å²) in [7, 11) is -2.29. The second kappa shape index (κ2) is 7.13. The van der Waals surface area contributed by atoms with Crippen LogP contribution >= 0.6 is 0 Å². The number of para-hydroxylation sites is 2. The van der Waals surface area contributed by atoms with Gasteiger partial charge < -0.3 is 19.4 Å². The molecule has 29 heavy (non-hydrogen) atoms. The Morgan fingerprint density at radius 2 is 1.41 bits per heavy atom. The lowest BCUT2D eigenvalue weighted by atomic mass is 9.80. The summed E-state index contributed by atoms with van der Waals surface area (Å²) in [6, 6.07) is 5.79. The topological polar surface area (TPSA) is 56.8 Å². The fraction of sp³-hybridized carbons (Fsp3) is 0. The van der Waals surface area contributed by atoms with Crippen LogP contribution in [0.2, 0.25) is 0 Å². The molecule has 0 amide bonds. The number of anilines is 3. The minimum absolute atomic E-state index is 0.167. The second-order valence-corrected chi connectivity index (χ2v) is 6.22. The molecule has 0 unspecified atom stereocenters. The van der Waals surface area contributed by atoms with Gasteiger partial charge in [-0.25, -0.2) is 0 Å². The molecule has 0 spiro atoms. The molecule has 5 heteroatoms. The first-order chi connectivity index (χ1) is 18.0. The third-order valence-electron chi connectivity index (χ3n) is 4.44. The van der Waals surface area contributed by atoms with Gasteiger partial charge in [0, 0.05) is 27.8 Å². The molecule has 0 bridgehead atoms. The predicted molar refractivity (Wildman–Crippen MR) is 118 cm³/mol. The molecule has 0 atom stereocenters. The first-order valence-electron chi connectivity index (χ1n) is 13.2. The van der Waals surface area contributed by atoms with Crippen LogP contribution in [0.5, 0.6) is 0 Å². The van der Waals surface area contributed by atoms with E-state index < -0.39 is 78.3 Å². The molecule has 5 aromatic rings. The second-order valence-electron chi connectivity index (χ2n) is 6.22. The fourth-order valence-electron chi connectivity index (χ4n) is 3.13. The molecule has 4 aromatic carbocycles. The van der Waals surface area contributed by atoms with Crippen LogP contribution < -0.4 is 10.4 Å². The number of nitrogens with zero attached hydrogens (tertiary/aromatic N) is 1. The first-order valence-corrected chi connectivity index (χ1v) is 8.70. The molecule has 0 fully saturated rings. The zero-order valence-electron chi connectivity index (χ0n) is 23.9. The van der Waals surface area contributed by atoms with Crippen LogP contribution in [-0.4, -0.2) is 17.2 Å². The molecule has 4 nitrogen and oxygen atoms in total. The van der Waals surface area contributed by atoms with Gasteiger partial charge >= 0.3 is 7.12 Å². The van der Waals surface area contributed by atoms with Gasteiger partial charge in [-0.2, -0.15) is 0 Å². The van der Waals surface area contributed by atoms with Crippen LogP contribution in [0.3, 0.4) is 0 Å². The minimum Gasteiger partial charge on any atom is -0.456 e. The van der Waals surface area contributed by atoms with Gasteiger partial charge in [-0.15, -0.1) is 0 Å². The quantitative estimate of drug-likeness (QED) is 0.437. The van der Waals surface area contributed by atoms with E-state index in [1.165, 1.54) is 6.07 Å². The Hall–Kier alpha value is -3.54. The first kappa shape index (κ1) is 10.3. The fourth-order valence-corrected chi connectivity index (χ4v) is 3.13. The lowest BCUT2D eigenvalue weighted by Crippen LogP contribution is -2.29. The van der Waals surface area contributed by atoms with Crippen molar-refractivity contribution in [3.63, 3.8) is 0 Å². The maximum Gasteiger partial charge on any atom is 0.488 e. The summed E-state index contributed by atoms with van der Waals surface area (Å²) in [5.41, 5.74) is -0.244. The van der Waals surface area contributed by atoms with Crippen molar-refractivity contribution in [2.24, 2.45) is 0 Å².